The lowest BCUT2D eigenvalue weighted by Gasteiger charge is -2.32. The minimum absolute atomic E-state index is 0.104. The number of ether oxygens (including phenoxy) is 2. The monoisotopic (exact) mass is 458 g/mol. The predicted molar refractivity (Wildman–Crippen MR) is 124 cm³/mol. The predicted octanol–water partition coefficient (Wildman–Crippen LogP) is 4.73. The fourth-order valence-electron chi connectivity index (χ4n) is 3.68. The molecule has 164 valence electrons. The third-order valence-corrected chi connectivity index (χ3v) is 7.77. The topological polar surface area (TPSA) is 70.4 Å². The van der Waals surface area contributed by atoms with Crippen molar-refractivity contribution in [2.45, 2.75) is 63.2 Å². The van der Waals surface area contributed by atoms with Crippen molar-refractivity contribution in [2.24, 2.45) is 0 Å². The van der Waals surface area contributed by atoms with Crippen LogP contribution in [0.3, 0.4) is 0 Å². The van der Waals surface area contributed by atoms with Gasteiger partial charge < -0.3 is 9.47 Å². The maximum absolute atomic E-state index is 13.8. The van der Waals surface area contributed by atoms with Crippen molar-refractivity contribution >= 4 is 39.3 Å². The molecule has 1 aliphatic rings. The molecule has 0 bridgehead atoms. The number of carbonyl (C=O) groups is 1. The molecule has 1 aliphatic heterocycles. The first-order chi connectivity index (χ1) is 14.9. The Bertz CT molecular complexity index is 1170. The largest absolute Gasteiger partial charge is 0.465 e. The Hall–Kier alpha value is -2.16. The molecule has 31 heavy (non-hydrogen) atoms. The number of hydrogen-bond donors (Lipinski definition) is 0. The SMILES string of the molecule is CCOC(=O)[C@@H](C)Sc1nc2sc3c(c2c(=O)n1-c1ccccc1)C[C@@](C)(CC)OC3. The Morgan fingerprint density at radius 3 is 2.77 bits per heavy atom. The number of aromatic nitrogens is 2. The van der Waals surface area contributed by atoms with Crippen molar-refractivity contribution in [1.82, 2.24) is 9.55 Å². The lowest BCUT2D eigenvalue weighted by atomic mass is 9.90. The maximum Gasteiger partial charge on any atom is 0.319 e. The van der Waals surface area contributed by atoms with E-state index in [1.165, 1.54) is 23.1 Å². The van der Waals surface area contributed by atoms with Crippen LogP contribution in [0, 0.1) is 0 Å². The van der Waals surface area contributed by atoms with E-state index in [-0.39, 0.29) is 17.1 Å². The van der Waals surface area contributed by atoms with Crippen LogP contribution in [0.2, 0.25) is 0 Å². The molecule has 4 rings (SSSR count). The summed E-state index contributed by atoms with van der Waals surface area (Å²) in [5.41, 5.74) is 1.39. The van der Waals surface area contributed by atoms with Crippen LogP contribution in [-0.4, -0.2) is 33.0 Å². The van der Waals surface area contributed by atoms with Crippen LogP contribution in [-0.2, 0) is 27.3 Å². The van der Waals surface area contributed by atoms with Crippen LogP contribution in [0.15, 0.2) is 40.3 Å². The fraction of sp³-hybridized carbons (Fsp3) is 0.435. The van der Waals surface area contributed by atoms with Gasteiger partial charge in [0.15, 0.2) is 5.16 Å². The van der Waals surface area contributed by atoms with Crippen molar-refractivity contribution in [3.8, 4) is 5.69 Å². The van der Waals surface area contributed by atoms with Gasteiger partial charge in [-0.3, -0.25) is 14.2 Å². The maximum atomic E-state index is 13.8. The van der Waals surface area contributed by atoms with Gasteiger partial charge in [-0.15, -0.1) is 11.3 Å². The standard InChI is InChI=1S/C23H26N2O4S2/c1-5-23(4)12-16-17(13-29-23)31-19-18(16)20(26)25(15-10-8-7-9-11-15)22(24-19)30-14(3)21(27)28-6-2/h7-11,14H,5-6,12-13H2,1-4H3/t14-,23-/m1/s1. The molecule has 1 aromatic carbocycles. The molecule has 3 heterocycles. The molecule has 6 nitrogen and oxygen atoms in total. The van der Waals surface area contributed by atoms with Gasteiger partial charge in [0.2, 0.25) is 0 Å². The van der Waals surface area contributed by atoms with Crippen molar-refractivity contribution in [2.75, 3.05) is 6.61 Å². The molecule has 2 atom stereocenters. The summed E-state index contributed by atoms with van der Waals surface area (Å²) in [4.78, 5) is 32.7. The van der Waals surface area contributed by atoms with E-state index >= 15 is 0 Å². The van der Waals surface area contributed by atoms with Gasteiger partial charge in [0.05, 0.1) is 29.9 Å². The Balaban J connectivity index is 1.90. The number of thioether (sulfide) groups is 1. The van der Waals surface area contributed by atoms with Crippen LogP contribution >= 0.6 is 23.1 Å². The van der Waals surface area contributed by atoms with Gasteiger partial charge in [-0.25, -0.2) is 4.98 Å². The quantitative estimate of drug-likeness (QED) is 0.302. The molecule has 0 saturated carbocycles. The van der Waals surface area contributed by atoms with Crippen LogP contribution in [0.25, 0.3) is 15.9 Å². The van der Waals surface area contributed by atoms with E-state index in [4.69, 9.17) is 14.5 Å². The average Bonchev–Trinajstić information content (AvgIpc) is 3.12. The van der Waals surface area contributed by atoms with Crippen molar-refractivity contribution < 1.29 is 14.3 Å². The molecular formula is C23H26N2O4S2. The summed E-state index contributed by atoms with van der Waals surface area (Å²) in [6.45, 7) is 8.55. The zero-order valence-electron chi connectivity index (χ0n) is 18.1. The summed E-state index contributed by atoms with van der Waals surface area (Å²) in [5.74, 6) is -0.320. The number of esters is 1. The lowest BCUT2D eigenvalue weighted by molar-refractivity contribution is -0.142. The highest BCUT2D eigenvalue weighted by Crippen LogP contribution is 2.39. The lowest BCUT2D eigenvalue weighted by Crippen LogP contribution is -2.34. The Morgan fingerprint density at radius 1 is 1.35 bits per heavy atom. The van der Waals surface area contributed by atoms with Crippen molar-refractivity contribution in [1.29, 1.82) is 0 Å². The van der Waals surface area contributed by atoms with Gasteiger partial charge in [0.25, 0.3) is 5.56 Å². The normalized spacial score (nSPS) is 19.2. The van der Waals surface area contributed by atoms with E-state index in [2.05, 4.69) is 13.8 Å². The zero-order valence-corrected chi connectivity index (χ0v) is 19.8. The molecule has 3 aromatic rings. The van der Waals surface area contributed by atoms with Gasteiger partial charge in [-0.05, 0) is 44.9 Å². The summed E-state index contributed by atoms with van der Waals surface area (Å²) < 4.78 is 12.9. The number of thiophene rings is 1. The van der Waals surface area contributed by atoms with Crippen molar-refractivity contribution in [3.63, 3.8) is 0 Å². The summed E-state index contributed by atoms with van der Waals surface area (Å²) in [5, 5.41) is 0.669. The molecule has 0 saturated heterocycles. The molecule has 0 unspecified atom stereocenters. The third-order valence-electron chi connectivity index (χ3n) is 5.64. The minimum Gasteiger partial charge on any atom is -0.465 e. The van der Waals surface area contributed by atoms with Gasteiger partial charge in [0, 0.05) is 11.3 Å². The smallest absolute Gasteiger partial charge is 0.319 e. The van der Waals surface area contributed by atoms with E-state index in [0.29, 0.717) is 35.0 Å². The third kappa shape index (κ3) is 4.16. The molecule has 8 heteroatoms. The number of rotatable bonds is 6. The molecule has 0 radical (unpaired) electrons. The highest BCUT2D eigenvalue weighted by atomic mass is 32.2. The first-order valence-electron chi connectivity index (χ1n) is 10.5. The second-order valence-electron chi connectivity index (χ2n) is 7.84. The van der Waals surface area contributed by atoms with E-state index in [1.807, 2.05) is 30.3 Å². The molecule has 0 N–H and O–H groups in total. The number of nitrogens with zero attached hydrogens (tertiary/aromatic N) is 2. The second kappa shape index (κ2) is 8.76. The summed E-state index contributed by atoms with van der Waals surface area (Å²) in [6.07, 6.45) is 1.56. The van der Waals surface area contributed by atoms with E-state index < -0.39 is 5.25 Å². The van der Waals surface area contributed by atoms with Crippen LogP contribution in [0.1, 0.15) is 44.6 Å². The fourth-order valence-corrected chi connectivity index (χ4v) is 5.75. The second-order valence-corrected chi connectivity index (χ2v) is 10.2. The van der Waals surface area contributed by atoms with Crippen LogP contribution in [0.5, 0.6) is 0 Å². The van der Waals surface area contributed by atoms with Gasteiger partial charge in [0.1, 0.15) is 10.1 Å². The average molecular weight is 459 g/mol. The van der Waals surface area contributed by atoms with Gasteiger partial charge >= 0.3 is 5.97 Å². The molecule has 0 spiro atoms. The summed E-state index contributed by atoms with van der Waals surface area (Å²) in [6, 6.07) is 9.45. The zero-order chi connectivity index (χ0) is 22.2. The van der Waals surface area contributed by atoms with Gasteiger partial charge in [-0.1, -0.05) is 36.9 Å². The molecule has 2 aromatic heterocycles. The number of para-hydroxylation sites is 1. The van der Waals surface area contributed by atoms with Gasteiger partial charge in [-0.2, -0.15) is 0 Å². The summed E-state index contributed by atoms with van der Waals surface area (Å²) >= 11 is 2.76. The van der Waals surface area contributed by atoms with Crippen LogP contribution < -0.4 is 5.56 Å². The Labute approximate surface area is 189 Å². The molecule has 0 aliphatic carbocycles. The number of carbonyl (C=O) groups excluding carboxylic acids is 1. The molecule has 0 amide bonds. The molecular weight excluding hydrogens is 432 g/mol. The Kier molecular flexibility index (Phi) is 6.23. The van der Waals surface area contributed by atoms with E-state index in [1.54, 1.807) is 18.4 Å². The van der Waals surface area contributed by atoms with E-state index in [0.717, 1.165) is 22.5 Å². The number of fused-ring (bicyclic) bond motifs is 3. The minimum atomic E-state index is -0.486. The van der Waals surface area contributed by atoms with E-state index in [9.17, 15) is 9.59 Å². The number of benzene rings is 1. The van der Waals surface area contributed by atoms with Crippen LogP contribution in [0.4, 0.5) is 0 Å². The first-order valence-corrected chi connectivity index (χ1v) is 12.2. The highest BCUT2D eigenvalue weighted by Gasteiger charge is 2.34. The first kappa shape index (κ1) is 22.0. The van der Waals surface area contributed by atoms with Crippen molar-refractivity contribution in [3.05, 3.63) is 51.1 Å². The number of hydrogen-bond acceptors (Lipinski definition) is 7. The molecule has 0 fully saturated rings. The highest BCUT2D eigenvalue weighted by molar-refractivity contribution is 8.00. The summed E-state index contributed by atoms with van der Waals surface area (Å²) in [7, 11) is 0. The Morgan fingerprint density at radius 2 is 2.10 bits per heavy atom.